The number of piperazine rings is 1. The van der Waals surface area contributed by atoms with Crippen LogP contribution in [0.15, 0.2) is 36.5 Å². The lowest BCUT2D eigenvalue weighted by Crippen LogP contribution is -2.51. The quantitative estimate of drug-likeness (QED) is 0.599. The Morgan fingerprint density at radius 2 is 1.76 bits per heavy atom. The van der Waals surface area contributed by atoms with Crippen molar-refractivity contribution in [2.24, 2.45) is 5.92 Å². The Bertz CT molecular complexity index is 1000. The van der Waals surface area contributed by atoms with E-state index in [0.29, 0.717) is 51.4 Å². The van der Waals surface area contributed by atoms with Crippen LogP contribution in [0.1, 0.15) is 25.3 Å². The number of para-hydroxylation sites is 2. The second-order valence-electron chi connectivity index (χ2n) is 8.50. The van der Waals surface area contributed by atoms with Crippen molar-refractivity contribution in [3.63, 3.8) is 0 Å². The van der Waals surface area contributed by atoms with Crippen LogP contribution in [-0.2, 0) is 11.0 Å². The molecular weight excluding hydrogens is 469 g/mol. The molecule has 2 aromatic rings. The fraction of sp³-hybridized carbons (Fsp3) is 0.500. The fourth-order valence-electron chi connectivity index (χ4n) is 4.58. The highest BCUT2D eigenvalue weighted by Gasteiger charge is 2.34. The molecule has 6 nitrogen and oxygen atoms in total. The molecule has 1 aromatic carbocycles. The number of aromatic nitrogens is 1. The molecule has 1 amide bonds. The summed E-state index contributed by atoms with van der Waals surface area (Å²) in [6.45, 7) is 6.37. The van der Waals surface area contributed by atoms with E-state index < -0.39 is 11.7 Å². The van der Waals surface area contributed by atoms with Crippen LogP contribution in [0.3, 0.4) is 0 Å². The van der Waals surface area contributed by atoms with E-state index in [2.05, 4.69) is 9.88 Å². The maximum absolute atomic E-state index is 13.1. The number of pyridine rings is 1. The Morgan fingerprint density at radius 3 is 2.38 bits per heavy atom. The highest BCUT2D eigenvalue weighted by Crippen LogP contribution is 2.35. The number of hydrogen-bond acceptors (Lipinski definition) is 5. The zero-order chi connectivity index (χ0) is 24.3. The first-order valence-electron chi connectivity index (χ1n) is 11.5. The number of carbonyl (C=O) groups is 1. The number of nitrogens with zero attached hydrogens (tertiary/aromatic N) is 4. The summed E-state index contributed by atoms with van der Waals surface area (Å²) in [5, 5.41) is -0.0249. The number of alkyl halides is 3. The summed E-state index contributed by atoms with van der Waals surface area (Å²) in [5.41, 5.74) is 0.181. The van der Waals surface area contributed by atoms with Crippen LogP contribution in [0.4, 0.5) is 24.7 Å². The Morgan fingerprint density at radius 1 is 1.09 bits per heavy atom. The van der Waals surface area contributed by atoms with E-state index in [4.69, 9.17) is 16.3 Å². The molecular formula is C24H28ClF3N4O2. The molecule has 2 aliphatic rings. The third kappa shape index (κ3) is 5.35. The van der Waals surface area contributed by atoms with Crippen molar-refractivity contribution in [3.05, 3.63) is 47.1 Å². The predicted octanol–water partition coefficient (Wildman–Crippen LogP) is 4.72. The summed E-state index contributed by atoms with van der Waals surface area (Å²) in [5.74, 6) is 1.23. The predicted molar refractivity (Wildman–Crippen MR) is 126 cm³/mol. The SMILES string of the molecule is CCOc1ccccc1N1CCN(C(=O)C2CCN(c3ncc(C(F)(F)F)cc3Cl)CC2)CC1. The van der Waals surface area contributed by atoms with E-state index in [1.165, 1.54) is 0 Å². The third-order valence-electron chi connectivity index (χ3n) is 6.39. The molecule has 10 heteroatoms. The fourth-order valence-corrected chi connectivity index (χ4v) is 4.86. The van der Waals surface area contributed by atoms with Gasteiger partial charge in [0.2, 0.25) is 5.91 Å². The van der Waals surface area contributed by atoms with Gasteiger partial charge in [0, 0.05) is 51.4 Å². The van der Waals surface area contributed by atoms with Crippen LogP contribution in [0.5, 0.6) is 5.75 Å². The molecule has 0 aliphatic carbocycles. The van der Waals surface area contributed by atoms with Gasteiger partial charge in [-0.25, -0.2) is 4.98 Å². The average Bonchev–Trinajstić information content (AvgIpc) is 2.84. The van der Waals surface area contributed by atoms with Gasteiger partial charge < -0.3 is 19.4 Å². The first-order chi connectivity index (χ1) is 16.3. The zero-order valence-electron chi connectivity index (χ0n) is 19.0. The molecule has 2 saturated heterocycles. The lowest BCUT2D eigenvalue weighted by atomic mass is 9.95. The summed E-state index contributed by atoms with van der Waals surface area (Å²) in [6, 6.07) is 8.85. The molecule has 1 aromatic heterocycles. The molecule has 34 heavy (non-hydrogen) atoms. The number of carbonyl (C=O) groups excluding carboxylic acids is 1. The van der Waals surface area contributed by atoms with Crippen molar-refractivity contribution in [2.45, 2.75) is 25.9 Å². The number of benzene rings is 1. The van der Waals surface area contributed by atoms with E-state index in [0.717, 1.165) is 36.8 Å². The molecule has 2 fully saturated rings. The Hall–Kier alpha value is -2.68. The van der Waals surface area contributed by atoms with Gasteiger partial charge in [-0.15, -0.1) is 0 Å². The molecule has 0 atom stereocenters. The van der Waals surface area contributed by atoms with E-state index in [-0.39, 0.29) is 16.8 Å². The first-order valence-corrected chi connectivity index (χ1v) is 11.9. The number of halogens is 4. The summed E-state index contributed by atoms with van der Waals surface area (Å²) in [4.78, 5) is 23.1. The van der Waals surface area contributed by atoms with E-state index >= 15 is 0 Å². The van der Waals surface area contributed by atoms with Crippen LogP contribution >= 0.6 is 11.6 Å². The molecule has 0 spiro atoms. The van der Waals surface area contributed by atoms with Gasteiger partial charge in [-0.2, -0.15) is 13.2 Å². The number of rotatable bonds is 5. The van der Waals surface area contributed by atoms with Gasteiger partial charge in [0.25, 0.3) is 0 Å². The molecule has 184 valence electrons. The molecule has 0 unspecified atom stereocenters. The summed E-state index contributed by atoms with van der Waals surface area (Å²) in [7, 11) is 0. The van der Waals surface area contributed by atoms with Crippen LogP contribution < -0.4 is 14.5 Å². The van der Waals surface area contributed by atoms with Gasteiger partial charge in [0.05, 0.1) is 22.9 Å². The van der Waals surface area contributed by atoms with Crippen molar-refractivity contribution in [3.8, 4) is 5.75 Å². The van der Waals surface area contributed by atoms with Crippen molar-refractivity contribution < 1.29 is 22.7 Å². The number of hydrogen-bond donors (Lipinski definition) is 0. The van der Waals surface area contributed by atoms with Gasteiger partial charge in [0.1, 0.15) is 11.6 Å². The normalized spacial score (nSPS) is 17.7. The first kappa shape index (κ1) is 24.4. The minimum absolute atomic E-state index is 0.0249. The van der Waals surface area contributed by atoms with Crippen molar-refractivity contribution in [2.75, 3.05) is 55.7 Å². The van der Waals surface area contributed by atoms with Crippen molar-refractivity contribution in [1.29, 1.82) is 0 Å². The van der Waals surface area contributed by atoms with Gasteiger partial charge in [-0.3, -0.25) is 4.79 Å². The zero-order valence-corrected chi connectivity index (χ0v) is 19.8. The average molecular weight is 497 g/mol. The van der Waals surface area contributed by atoms with Gasteiger partial charge >= 0.3 is 6.18 Å². The summed E-state index contributed by atoms with van der Waals surface area (Å²) in [6.07, 6.45) is -2.44. The van der Waals surface area contributed by atoms with Gasteiger partial charge in [0.15, 0.2) is 0 Å². The minimum atomic E-state index is -4.48. The number of amides is 1. The number of piperidine rings is 1. The monoisotopic (exact) mass is 496 g/mol. The second-order valence-corrected chi connectivity index (χ2v) is 8.91. The summed E-state index contributed by atoms with van der Waals surface area (Å²) >= 11 is 6.09. The highest BCUT2D eigenvalue weighted by atomic mass is 35.5. The standard InChI is InChI=1S/C24H28ClF3N4O2/c1-2-34-21-6-4-3-5-20(21)30-11-13-32(14-12-30)23(33)17-7-9-31(10-8-17)22-19(25)15-18(16-29-22)24(26,27)28/h3-6,15-17H,2,7-14H2,1H3. The lowest BCUT2D eigenvalue weighted by molar-refractivity contribution is -0.138. The van der Waals surface area contributed by atoms with Gasteiger partial charge in [-0.1, -0.05) is 23.7 Å². The van der Waals surface area contributed by atoms with Crippen LogP contribution in [0.2, 0.25) is 5.02 Å². The van der Waals surface area contributed by atoms with E-state index in [1.807, 2.05) is 41.0 Å². The van der Waals surface area contributed by atoms with E-state index in [9.17, 15) is 18.0 Å². The topological polar surface area (TPSA) is 48.9 Å². The molecule has 4 rings (SSSR count). The molecule has 0 saturated carbocycles. The molecule has 3 heterocycles. The van der Waals surface area contributed by atoms with Crippen molar-refractivity contribution >= 4 is 29.0 Å². The van der Waals surface area contributed by atoms with E-state index in [1.54, 1.807) is 0 Å². The lowest BCUT2D eigenvalue weighted by Gasteiger charge is -2.40. The van der Waals surface area contributed by atoms with Crippen molar-refractivity contribution in [1.82, 2.24) is 9.88 Å². The van der Waals surface area contributed by atoms with Crippen LogP contribution in [0.25, 0.3) is 0 Å². The maximum atomic E-state index is 13.1. The van der Waals surface area contributed by atoms with Crippen LogP contribution in [-0.4, -0.2) is 61.7 Å². The molecule has 2 aliphatic heterocycles. The Labute approximate surface area is 202 Å². The smallest absolute Gasteiger partial charge is 0.417 e. The Kier molecular flexibility index (Phi) is 7.40. The summed E-state index contributed by atoms with van der Waals surface area (Å²) < 4.78 is 44.4. The minimum Gasteiger partial charge on any atom is -0.492 e. The maximum Gasteiger partial charge on any atom is 0.417 e. The largest absolute Gasteiger partial charge is 0.492 e. The molecule has 0 N–H and O–H groups in total. The highest BCUT2D eigenvalue weighted by molar-refractivity contribution is 6.33. The number of ether oxygens (including phenoxy) is 1. The number of anilines is 2. The molecule has 0 bridgehead atoms. The molecule has 0 radical (unpaired) electrons. The third-order valence-corrected chi connectivity index (χ3v) is 6.67. The Balaban J connectivity index is 1.31. The van der Waals surface area contributed by atoms with Crippen LogP contribution in [0, 0.1) is 5.92 Å². The van der Waals surface area contributed by atoms with Gasteiger partial charge in [-0.05, 0) is 38.0 Å². The second kappa shape index (κ2) is 10.3.